The summed E-state index contributed by atoms with van der Waals surface area (Å²) in [5, 5.41) is 8.70. The quantitative estimate of drug-likeness (QED) is 0.885. The Morgan fingerprint density at radius 2 is 2.06 bits per heavy atom. The minimum Gasteiger partial charge on any atom is -0.486 e. The van der Waals surface area contributed by atoms with Crippen LogP contribution in [0.25, 0.3) is 11.0 Å². The van der Waals surface area contributed by atoms with Crippen molar-refractivity contribution >= 4 is 17.0 Å². The Labute approximate surface area is 103 Å². The van der Waals surface area contributed by atoms with Gasteiger partial charge in [-0.25, -0.2) is 4.98 Å². The molecule has 1 N–H and O–H groups in total. The zero-order valence-corrected chi connectivity index (χ0v) is 9.63. The number of rotatable bonds is 3. The number of imidazole rings is 1. The summed E-state index contributed by atoms with van der Waals surface area (Å²) in [6.45, 7) is 1.46. The summed E-state index contributed by atoms with van der Waals surface area (Å²) in [6.07, 6.45) is 1.71. The Bertz CT molecular complexity index is 605. The summed E-state index contributed by atoms with van der Waals surface area (Å²) >= 11 is 0. The van der Waals surface area contributed by atoms with Gasteiger partial charge in [0.2, 0.25) is 0 Å². The van der Waals surface area contributed by atoms with Gasteiger partial charge in [0.25, 0.3) is 0 Å². The molecule has 2 heterocycles. The number of benzene rings is 1. The van der Waals surface area contributed by atoms with Crippen LogP contribution in [-0.2, 0) is 11.3 Å². The van der Waals surface area contributed by atoms with Crippen molar-refractivity contribution in [2.24, 2.45) is 0 Å². The van der Waals surface area contributed by atoms with Gasteiger partial charge in [0.05, 0.1) is 23.8 Å². The van der Waals surface area contributed by atoms with Crippen molar-refractivity contribution in [1.29, 1.82) is 0 Å². The van der Waals surface area contributed by atoms with Crippen LogP contribution >= 0.6 is 0 Å². The third-order valence-corrected chi connectivity index (χ3v) is 2.85. The summed E-state index contributed by atoms with van der Waals surface area (Å²) in [5.74, 6) is 0.553. The van der Waals surface area contributed by atoms with Crippen molar-refractivity contribution in [3.63, 3.8) is 0 Å². The molecular weight excluding hydrogens is 236 g/mol. The van der Waals surface area contributed by atoms with E-state index in [9.17, 15) is 4.79 Å². The van der Waals surface area contributed by atoms with Gasteiger partial charge in [-0.15, -0.1) is 0 Å². The highest BCUT2D eigenvalue weighted by atomic mass is 16.6. The Morgan fingerprint density at radius 3 is 2.78 bits per heavy atom. The van der Waals surface area contributed by atoms with Gasteiger partial charge in [0, 0.05) is 18.7 Å². The summed E-state index contributed by atoms with van der Waals surface area (Å²) in [4.78, 5) is 14.8. The van der Waals surface area contributed by atoms with Crippen molar-refractivity contribution in [3.05, 3.63) is 18.5 Å². The second-order valence-corrected chi connectivity index (χ2v) is 4.07. The molecule has 6 nitrogen and oxygen atoms in total. The number of carbonyl (C=O) groups is 1. The molecule has 3 rings (SSSR count). The Morgan fingerprint density at radius 1 is 1.33 bits per heavy atom. The lowest BCUT2D eigenvalue weighted by Crippen LogP contribution is -2.15. The maximum atomic E-state index is 10.6. The van der Waals surface area contributed by atoms with Gasteiger partial charge in [-0.1, -0.05) is 0 Å². The number of carboxylic acid groups (broad SMARTS) is 1. The molecule has 18 heavy (non-hydrogen) atoms. The number of aliphatic carboxylic acids is 1. The van der Waals surface area contributed by atoms with E-state index in [0.29, 0.717) is 31.3 Å². The van der Waals surface area contributed by atoms with Crippen molar-refractivity contribution in [1.82, 2.24) is 9.55 Å². The van der Waals surface area contributed by atoms with Crippen molar-refractivity contribution in [2.45, 2.75) is 13.0 Å². The van der Waals surface area contributed by atoms with Gasteiger partial charge >= 0.3 is 5.97 Å². The van der Waals surface area contributed by atoms with Gasteiger partial charge in [-0.2, -0.15) is 0 Å². The predicted octanol–water partition coefficient (Wildman–Crippen LogP) is 1.28. The summed E-state index contributed by atoms with van der Waals surface area (Å²) in [6, 6.07) is 3.67. The maximum absolute atomic E-state index is 10.6. The molecule has 1 aromatic heterocycles. The highest BCUT2D eigenvalue weighted by molar-refractivity contribution is 5.80. The largest absolute Gasteiger partial charge is 0.486 e. The molecule has 1 aliphatic rings. The molecule has 94 valence electrons. The first-order chi connectivity index (χ1) is 8.74. The predicted molar refractivity (Wildman–Crippen MR) is 63.0 cm³/mol. The lowest BCUT2D eigenvalue weighted by molar-refractivity contribution is -0.137. The number of hydrogen-bond acceptors (Lipinski definition) is 4. The lowest BCUT2D eigenvalue weighted by Gasteiger charge is -2.18. The van der Waals surface area contributed by atoms with E-state index < -0.39 is 5.97 Å². The lowest BCUT2D eigenvalue weighted by atomic mass is 10.2. The second-order valence-electron chi connectivity index (χ2n) is 4.07. The number of ether oxygens (including phenoxy) is 2. The fraction of sp³-hybridized carbons (Fsp3) is 0.333. The van der Waals surface area contributed by atoms with E-state index in [4.69, 9.17) is 14.6 Å². The molecule has 2 aromatic rings. The maximum Gasteiger partial charge on any atom is 0.305 e. The van der Waals surface area contributed by atoms with E-state index in [-0.39, 0.29) is 6.42 Å². The van der Waals surface area contributed by atoms with Crippen LogP contribution in [0.2, 0.25) is 0 Å². The van der Waals surface area contributed by atoms with E-state index in [0.717, 1.165) is 11.0 Å². The van der Waals surface area contributed by atoms with Gasteiger partial charge < -0.3 is 19.1 Å². The molecule has 0 amide bonds. The molecule has 0 unspecified atom stereocenters. The fourth-order valence-electron chi connectivity index (χ4n) is 1.99. The standard InChI is InChI=1S/C12H12N2O4/c15-12(16)1-2-14-7-13-8-5-10-11(6-9(8)14)18-4-3-17-10/h5-7H,1-4H2,(H,15,16). The zero-order chi connectivity index (χ0) is 12.5. The average Bonchev–Trinajstić information content (AvgIpc) is 2.76. The van der Waals surface area contributed by atoms with Crippen LogP contribution in [0.3, 0.4) is 0 Å². The fourth-order valence-corrected chi connectivity index (χ4v) is 1.99. The number of nitrogens with zero attached hydrogens (tertiary/aromatic N) is 2. The molecule has 0 atom stereocenters. The van der Waals surface area contributed by atoms with E-state index in [1.165, 1.54) is 0 Å². The minimum atomic E-state index is -0.825. The van der Waals surface area contributed by atoms with E-state index >= 15 is 0 Å². The number of fused-ring (bicyclic) bond motifs is 2. The molecule has 1 aliphatic heterocycles. The summed E-state index contributed by atoms with van der Waals surface area (Å²) < 4.78 is 12.8. The minimum absolute atomic E-state index is 0.0693. The SMILES string of the molecule is O=C(O)CCn1cnc2cc3c(cc21)OCCO3. The number of aryl methyl sites for hydroxylation is 1. The number of carboxylic acids is 1. The first kappa shape index (κ1) is 10.9. The molecule has 0 bridgehead atoms. The van der Waals surface area contributed by atoms with Crippen LogP contribution < -0.4 is 9.47 Å². The Kier molecular flexibility index (Phi) is 2.55. The monoisotopic (exact) mass is 248 g/mol. The second kappa shape index (κ2) is 4.21. The Hall–Kier alpha value is -2.24. The molecule has 0 saturated heterocycles. The summed E-state index contributed by atoms with van der Waals surface area (Å²) in [7, 11) is 0. The van der Waals surface area contributed by atoms with Crippen LogP contribution in [0, 0.1) is 0 Å². The van der Waals surface area contributed by atoms with E-state index in [1.54, 1.807) is 6.33 Å². The van der Waals surface area contributed by atoms with Gasteiger partial charge in [0.15, 0.2) is 11.5 Å². The van der Waals surface area contributed by atoms with Crippen LogP contribution in [0.5, 0.6) is 11.5 Å². The smallest absolute Gasteiger partial charge is 0.305 e. The third kappa shape index (κ3) is 1.85. The molecule has 0 saturated carbocycles. The number of aromatic nitrogens is 2. The zero-order valence-electron chi connectivity index (χ0n) is 9.63. The van der Waals surface area contributed by atoms with E-state index in [1.807, 2.05) is 16.7 Å². The van der Waals surface area contributed by atoms with Crippen LogP contribution in [-0.4, -0.2) is 33.8 Å². The molecule has 0 spiro atoms. The third-order valence-electron chi connectivity index (χ3n) is 2.85. The normalized spacial score (nSPS) is 13.8. The van der Waals surface area contributed by atoms with Crippen LogP contribution in [0.4, 0.5) is 0 Å². The van der Waals surface area contributed by atoms with Crippen molar-refractivity contribution < 1.29 is 19.4 Å². The van der Waals surface area contributed by atoms with Gasteiger partial charge in [-0.3, -0.25) is 4.79 Å². The topological polar surface area (TPSA) is 73.6 Å². The highest BCUT2D eigenvalue weighted by Crippen LogP contribution is 2.34. The molecule has 6 heteroatoms. The molecule has 0 radical (unpaired) electrons. The molecule has 1 aromatic carbocycles. The number of hydrogen-bond donors (Lipinski definition) is 1. The van der Waals surface area contributed by atoms with Crippen molar-refractivity contribution in [3.8, 4) is 11.5 Å². The molecule has 0 fully saturated rings. The molecule has 0 aliphatic carbocycles. The van der Waals surface area contributed by atoms with Crippen molar-refractivity contribution in [2.75, 3.05) is 13.2 Å². The van der Waals surface area contributed by atoms with Gasteiger partial charge in [-0.05, 0) is 0 Å². The van der Waals surface area contributed by atoms with Crippen LogP contribution in [0.1, 0.15) is 6.42 Å². The first-order valence-corrected chi connectivity index (χ1v) is 5.70. The highest BCUT2D eigenvalue weighted by Gasteiger charge is 2.15. The van der Waals surface area contributed by atoms with E-state index in [2.05, 4.69) is 4.98 Å². The van der Waals surface area contributed by atoms with Crippen LogP contribution in [0.15, 0.2) is 18.5 Å². The molecular formula is C12H12N2O4. The average molecular weight is 248 g/mol. The summed E-state index contributed by atoms with van der Waals surface area (Å²) in [5.41, 5.74) is 1.64. The first-order valence-electron chi connectivity index (χ1n) is 5.70. The Balaban J connectivity index is 1.99. The van der Waals surface area contributed by atoms with Gasteiger partial charge in [0.1, 0.15) is 13.2 Å².